The van der Waals surface area contributed by atoms with E-state index in [0.29, 0.717) is 6.54 Å². The minimum absolute atomic E-state index is 0.00102. The van der Waals surface area contributed by atoms with Crippen LogP contribution in [0.25, 0.3) is 0 Å². The summed E-state index contributed by atoms with van der Waals surface area (Å²) in [6.07, 6.45) is 4.35. The zero-order valence-corrected chi connectivity index (χ0v) is 11.7. The molecule has 0 spiro atoms. The molecule has 1 aromatic rings. The summed E-state index contributed by atoms with van der Waals surface area (Å²) in [4.78, 5) is 13.2. The van der Waals surface area contributed by atoms with E-state index in [2.05, 4.69) is 5.32 Å². The van der Waals surface area contributed by atoms with Gasteiger partial charge in [0.05, 0.1) is 6.10 Å². The minimum Gasteiger partial charge on any atom is -0.376 e. The quantitative estimate of drug-likeness (QED) is 0.851. The zero-order chi connectivity index (χ0) is 13.0. The number of benzene rings is 1. The third-order valence-corrected chi connectivity index (χ3v) is 3.93. The first kappa shape index (κ1) is 13.4. The van der Waals surface area contributed by atoms with Gasteiger partial charge in [0.1, 0.15) is 0 Å². The van der Waals surface area contributed by atoms with Crippen molar-refractivity contribution >= 4 is 17.7 Å². The topological polar surface area (TPSA) is 38.3 Å². The van der Waals surface area contributed by atoms with E-state index in [-0.39, 0.29) is 12.0 Å². The second-order valence-electron chi connectivity index (χ2n) is 4.53. The molecule has 4 heteroatoms. The Morgan fingerprint density at radius 3 is 3.06 bits per heavy atom. The fourth-order valence-corrected chi connectivity index (χ4v) is 2.52. The van der Waals surface area contributed by atoms with Gasteiger partial charge in [0.15, 0.2) is 0 Å². The van der Waals surface area contributed by atoms with Crippen LogP contribution in [0, 0.1) is 6.92 Å². The summed E-state index contributed by atoms with van der Waals surface area (Å²) in [5, 5.41) is 2.96. The van der Waals surface area contributed by atoms with Crippen molar-refractivity contribution in [2.75, 3.05) is 19.4 Å². The lowest BCUT2D eigenvalue weighted by molar-refractivity contribution is 0.0857. The van der Waals surface area contributed by atoms with Crippen molar-refractivity contribution in [3.63, 3.8) is 0 Å². The normalized spacial score (nSPS) is 18.9. The summed E-state index contributed by atoms with van der Waals surface area (Å²) >= 11 is 1.65. The number of amides is 1. The zero-order valence-electron chi connectivity index (χ0n) is 10.9. The van der Waals surface area contributed by atoms with E-state index < -0.39 is 0 Å². The molecule has 1 saturated heterocycles. The van der Waals surface area contributed by atoms with E-state index >= 15 is 0 Å². The molecular weight excluding hydrogens is 246 g/mol. The number of aryl methyl sites for hydroxylation is 1. The molecule has 0 saturated carbocycles. The van der Waals surface area contributed by atoms with Gasteiger partial charge in [0.2, 0.25) is 0 Å². The number of carbonyl (C=O) groups excluding carboxylic acids is 1. The van der Waals surface area contributed by atoms with Crippen LogP contribution in [0.5, 0.6) is 0 Å². The van der Waals surface area contributed by atoms with Crippen molar-refractivity contribution in [3.05, 3.63) is 29.3 Å². The molecule has 3 nitrogen and oxygen atoms in total. The first-order valence-electron chi connectivity index (χ1n) is 6.25. The van der Waals surface area contributed by atoms with Gasteiger partial charge in [-0.2, -0.15) is 0 Å². The molecule has 1 N–H and O–H groups in total. The Morgan fingerprint density at radius 1 is 1.56 bits per heavy atom. The van der Waals surface area contributed by atoms with Gasteiger partial charge in [-0.3, -0.25) is 4.79 Å². The van der Waals surface area contributed by atoms with E-state index in [1.807, 2.05) is 31.4 Å². The summed E-state index contributed by atoms with van der Waals surface area (Å²) in [5.74, 6) is -0.00102. The molecule has 1 unspecified atom stereocenters. The third kappa shape index (κ3) is 3.27. The summed E-state index contributed by atoms with van der Waals surface area (Å²) in [6, 6.07) is 5.98. The number of ether oxygens (including phenoxy) is 1. The van der Waals surface area contributed by atoms with E-state index in [4.69, 9.17) is 4.74 Å². The highest BCUT2D eigenvalue weighted by Crippen LogP contribution is 2.19. The fraction of sp³-hybridized carbons (Fsp3) is 0.500. The van der Waals surface area contributed by atoms with Crippen molar-refractivity contribution in [2.45, 2.75) is 30.8 Å². The van der Waals surface area contributed by atoms with E-state index in [1.54, 1.807) is 11.8 Å². The SMILES string of the molecule is CSc1ccc(C)c(C(=O)NCC2CCCO2)c1. The minimum atomic E-state index is -0.00102. The largest absolute Gasteiger partial charge is 0.376 e. The number of carbonyl (C=O) groups is 1. The Hall–Kier alpha value is -1.00. The third-order valence-electron chi connectivity index (χ3n) is 3.20. The number of thioether (sulfide) groups is 1. The molecule has 1 fully saturated rings. The summed E-state index contributed by atoms with van der Waals surface area (Å²) in [5.41, 5.74) is 1.78. The van der Waals surface area contributed by atoms with Gasteiger partial charge in [-0.15, -0.1) is 11.8 Å². The number of hydrogen-bond acceptors (Lipinski definition) is 3. The Balaban J connectivity index is 1.98. The first-order valence-corrected chi connectivity index (χ1v) is 7.47. The summed E-state index contributed by atoms with van der Waals surface area (Å²) < 4.78 is 5.50. The van der Waals surface area contributed by atoms with E-state index in [0.717, 1.165) is 35.5 Å². The molecule has 1 aromatic carbocycles. The van der Waals surface area contributed by atoms with Crippen molar-refractivity contribution in [2.24, 2.45) is 0 Å². The standard InChI is InChI=1S/C14H19NO2S/c1-10-5-6-12(18-2)8-13(10)14(16)15-9-11-4-3-7-17-11/h5-6,8,11H,3-4,7,9H2,1-2H3,(H,15,16). The number of nitrogens with one attached hydrogen (secondary N) is 1. The second kappa shape index (κ2) is 6.25. The molecule has 0 bridgehead atoms. The van der Waals surface area contributed by atoms with Gasteiger partial charge in [0, 0.05) is 23.6 Å². The van der Waals surface area contributed by atoms with Gasteiger partial charge in [-0.1, -0.05) is 6.07 Å². The van der Waals surface area contributed by atoms with Crippen LogP contribution < -0.4 is 5.32 Å². The molecule has 18 heavy (non-hydrogen) atoms. The van der Waals surface area contributed by atoms with Crippen LogP contribution in [0.15, 0.2) is 23.1 Å². The molecular formula is C14H19NO2S. The van der Waals surface area contributed by atoms with Gasteiger partial charge in [-0.05, 0) is 43.7 Å². The Morgan fingerprint density at radius 2 is 2.39 bits per heavy atom. The average molecular weight is 265 g/mol. The van der Waals surface area contributed by atoms with Crippen molar-refractivity contribution < 1.29 is 9.53 Å². The molecule has 1 aliphatic heterocycles. The molecule has 0 radical (unpaired) electrons. The molecule has 1 aliphatic rings. The lowest BCUT2D eigenvalue weighted by Crippen LogP contribution is -2.32. The van der Waals surface area contributed by atoms with Gasteiger partial charge < -0.3 is 10.1 Å². The molecule has 0 aliphatic carbocycles. The van der Waals surface area contributed by atoms with Crippen LogP contribution in [-0.4, -0.2) is 31.4 Å². The highest BCUT2D eigenvalue weighted by atomic mass is 32.2. The summed E-state index contributed by atoms with van der Waals surface area (Å²) in [6.45, 7) is 3.40. The molecule has 2 rings (SSSR count). The number of hydrogen-bond donors (Lipinski definition) is 1. The van der Waals surface area contributed by atoms with Gasteiger partial charge >= 0.3 is 0 Å². The van der Waals surface area contributed by atoms with Gasteiger partial charge in [0.25, 0.3) is 5.91 Å². The monoisotopic (exact) mass is 265 g/mol. The lowest BCUT2D eigenvalue weighted by atomic mass is 10.1. The van der Waals surface area contributed by atoms with Crippen molar-refractivity contribution in [3.8, 4) is 0 Å². The molecule has 1 amide bonds. The van der Waals surface area contributed by atoms with E-state index in [9.17, 15) is 4.79 Å². The second-order valence-corrected chi connectivity index (χ2v) is 5.41. The van der Waals surface area contributed by atoms with Gasteiger partial charge in [-0.25, -0.2) is 0 Å². The van der Waals surface area contributed by atoms with Crippen molar-refractivity contribution in [1.29, 1.82) is 0 Å². The molecule has 1 heterocycles. The summed E-state index contributed by atoms with van der Waals surface area (Å²) in [7, 11) is 0. The maximum atomic E-state index is 12.1. The van der Waals surface area contributed by atoms with E-state index in [1.165, 1.54) is 0 Å². The van der Waals surface area contributed by atoms with Crippen LogP contribution in [0.4, 0.5) is 0 Å². The molecule has 98 valence electrons. The Kier molecular flexibility index (Phi) is 4.66. The fourth-order valence-electron chi connectivity index (χ4n) is 2.08. The Labute approximate surface area is 112 Å². The predicted octanol–water partition coefficient (Wildman–Crippen LogP) is 2.63. The van der Waals surface area contributed by atoms with Crippen LogP contribution >= 0.6 is 11.8 Å². The molecule has 0 aromatic heterocycles. The predicted molar refractivity (Wildman–Crippen MR) is 74.3 cm³/mol. The molecule has 1 atom stereocenters. The first-order chi connectivity index (χ1) is 8.70. The smallest absolute Gasteiger partial charge is 0.251 e. The van der Waals surface area contributed by atoms with Crippen LogP contribution in [0.3, 0.4) is 0 Å². The van der Waals surface area contributed by atoms with Crippen LogP contribution in [0.2, 0.25) is 0 Å². The maximum absolute atomic E-state index is 12.1. The van der Waals surface area contributed by atoms with Crippen LogP contribution in [0.1, 0.15) is 28.8 Å². The lowest BCUT2D eigenvalue weighted by Gasteiger charge is -2.12. The highest BCUT2D eigenvalue weighted by molar-refractivity contribution is 7.98. The van der Waals surface area contributed by atoms with Crippen LogP contribution in [-0.2, 0) is 4.74 Å². The maximum Gasteiger partial charge on any atom is 0.251 e. The Bertz CT molecular complexity index is 428. The highest BCUT2D eigenvalue weighted by Gasteiger charge is 2.17. The number of rotatable bonds is 4. The van der Waals surface area contributed by atoms with Crippen molar-refractivity contribution in [1.82, 2.24) is 5.32 Å². The average Bonchev–Trinajstić information content (AvgIpc) is 2.89.